The molecule has 0 amide bonds. The zero-order valence-electron chi connectivity index (χ0n) is 8.25. The van der Waals surface area contributed by atoms with E-state index in [0.717, 1.165) is 5.69 Å². The Morgan fingerprint density at radius 1 is 1.12 bits per heavy atom. The predicted molar refractivity (Wildman–Crippen MR) is 57.4 cm³/mol. The molecule has 0 radical (unpaired) electrons. The van der Waals surface area contributed by atoms with E-state index in [1.54, 1.807) is 24.3 Å². The molecule has 0 spiro atoms. The summed E-state index contributed by atoms with van der Waals surface area (Å²) in [5, 5.41) is 21.3. The molecule has 0 aliphatic rings. The monoisotopic (exact) mass is 209 g/mol. The Labute approximate surface area is 92.0 Å². The van der Waals surface area contributed by atoms with Gasteiger partial charge in [-0.15, -0.1) is 0 Å². The maximum Gasteiger partial charge on any atom is 0.165 e. The van der Waals surface area contributed by atoms with Crippen LogP contribution in [0.1, 0.15) is 11.3 Å². The van der Waals surface area contributed by atoms with Crippen LogP contribution in [-0.4, -0.2) is 9.78 Å². The summed E-state index contributed by atoms with van der Waals surface area (Å²) in [6.07, 6.45) is 0. The fraction of sp³-hybridized carbons (Fsp3) is 0. The van der Waals surface area contributed by atoms with Crippen LogP contribution in [0, 0.1) is 22.7 Å². The van der Waals surface area contributed by atoms with Gasteiger partial charge in [-0.2, -0.15) is 15.6 Å². The highest BCUT2D eigenvalue weighted by atomic mass is 15.3. The van der Waals surface area contributed by atoms with Gasteiger partial charge < -0.3 is 5.73 Å². The molecule has 5 nitrogen and oxygen atoms in total. The van der Waals surface area contributed by atoms with Crippen LogP contribution >= 0.6 is 0 Å². The number of nitrogens with two attached hydrogens (primary N) is 1. The third-order valence-electron chi connectivity index (χ3n) is 2.09. The van der Waals surface area contributed by atoms with Crippen molar-refractivity contribution in [2.75, 3.05) is 5.73 Å². The van der Waals surface area contributed by atoms with E-state index in [9.17, 15) is 0 Å². The fourth-order valence-corrected chi connectivity index (χ4v) is 1.33. The summed E-state index contributed by atoms with van der Waals surface area (Å²) in [5.74, 6) is 0.390. The highest BCUT2D eigenvalue weighted by Gasteiger charge is 2.05. The van der Waals surface area contributed by atoms with Gasteiger partial charge in [-0.3, -0.25) is 0 Å². The molecule has 0 bridgehead atoms. The van der Waals surface area contributed by atoms with Crippen LogP contribution in [0.15, 0.2) is 30.3 Å². The first kappa shape index (κ1) is 9.75. The Bertz CT molecular complexity index is 595. The van der Waals surface area contributed by atoms with E-state index in [1.165, 1.54) is 10.7 Å². The second-order valence-electron chi connectivity index (χ2n) is 3.14. The molecule has 1 heterocycles. The van der Waals surface area contributed by atoms with Gasteiger partial charge in [0.05, 0.1) is 17.3 Å². The molecule has 1 aromatic heterocycles. The van der Waals surface area contributed by atoms with Gasteiger partial charge in [0.25, 0.3) is 0 Å². The topological polar surface area (TPSA) is 91.4 Å². The summed E-state index contributed by atoms with van der Waals surface area (Å²) in [6.45, 7) is 0. The molecule has 16 heavy (non-hydrogen) atoms. The average Bonchev–Trinajstić information content (AvgIpc) is 2.71. The Morgan fingerprint density at radius 3 is 2.31 bits per heavy atom. The highest BCUT2D eigenvalue weighted by Crippen LogP contribution is 2.14. The second-order valence-corrected chi connectivity index (χ2v) is 3.14. The first-order valence-electron chi connectivity index (χ1n) is 4.51. The van der Waals surface area contributed by atoms with E-state index >= 15 is 0 Å². The molecule has 0 saturated heterocycles. The maximum absolute atomic E-state index is 8.68. The minimum atomic E-state index is 0.266. The van der Waals surface area contributed by atoms with Gasteiger partial charge in [0.1, 0.15) is 11.9 Å². The Hall–Kier alpha value is -2.79. The van der Waals surface area contributed by atoms with Crippen molar-refractivity contribution in [1.82, 2.24) is 9.78 Å². The van der Waals surface area contributed by atoms with E-state index in [-0.39, 0.29) is 5.69 Å². The largest absolute Gasteiger partial charge is 0.384 e. The molecule has 0 fully saturated rings. The average molecular weight is 209 g/mol. The third-order valence-corrected chi connectivity index (χ3v) is 2.09. The SMILES string of the molecule is N#Cc1ccc(-n2nc(C#N)cc2N)cc1. The highest BCUT2D eigenvalue weighted by molar-refractivity contribution is 5.47. The molecular weight excluding hydrogens is 202 g/mol. The van der Waals surface area contributed by atoms with E-state index in [2.05, 4.69) is 5.10 Å². The fourth-order valence-electron chi connectivity index (χ4n) is 1.33. The van der Waals surface area contributed by atoms with Crippen LogP contribution < -0.4 is 5.73 Å². The van der Waals surface area contributed by atoms with Crippen LogP contribution in [0.5, 0.6) is 0 Å². The first-order chi connectivity index (χ1) is 7.74. The molecule has 1 aromatic carbocycles. The van der Waals surface area contributed by atoms with Crippen molar-refractivity contribution in [2.24, 2.45) is 0 Å². The number of nitriles is 2. The van der Waals surface area contributed by atoms with Gasteiger partial charge in [-0.25, -0.2) is 4.68 Å². The lowest BCUT2D eigenvalue weighted by atomic mass is 10.2. The molecule has 0 atom stereocenters. The molecule has 0 aliphatic heterocycles. The van der Waals surface area contributed by atoms with Crippen molar-refractivity contribution in [2.45, 2.75) is 0 Å². The van der Waals surface area contributed by atoms with Crippen LogP contribution in [0.4, 0.5) is 5.82 Å². The molecule has 2 aromatic rings. The summed E-state index contributed by atoms with van der Waals surface area (Å²) < 4.78 is 1.46. The van der Waals surface area contributed by atoms with Crippen molar-refractivity contribution in [3.63, 3.8) is 0 Å². The number of hydrogen-bond acceptors (Lipinski definition) is 4. The lowest BCUT2D eigenvalue weighted by molar-refractivity contribution is 0.883. The van der Waals surface area contributed by atoms with E-state index in [4.69, 9.17) is 16.3 Å². The van der Waals surface area contributed by atoms with Crippen molar-refractivity contribution >= 4 is 5.82 Å². The number of aromatic nitrogens is 2. The lowest BCUT2D eigenvalue weighted by Gasteiger charge is -2.02. The number of nitrogen functional groups attached to an aromatic ring is 1. The lowest BCUT2D eigenvalue weighted by Crippen LogP contribution is -2.01. The van der Waals surface area contributed by atoms with Crippen LogP contribution in [0.25, 0.3) is 5.69 Å². The van der Waals surface area contributed by atoms with Crippen LogP contribution in [0.2, 0.25) is 0 Å². The summed E-state index contributed by atoms with van der Waals surface area (Å²) in [4.78, 5) is 0. The van der Waals surface area contributed by atoms with E-state index in [1.807, 2.05) is 12.1 Å². The molecule has 2 rings (SSSR count). The van der Waals surface area contributed by atoms with Gasteiger partial charge in [-0.1, -0.05) is 0 Å². The van der Waals surface area contributed by atoms with Gasteiger partial charge in [-0.05, 0) is 24.3 Å². The van der Waals surface area contributed by atoms with Crippen LogP contribution in [-0.2, 0) is 0 Å². The van der Waals surface area contributed by atoms with Crippen molar-refractivity contribution in [3.05, 3.63) is 41.6 Å². The predicted octanol–water partition coefficient (Wildman–Crippen LogP) is 1.20. The first-order valence-corrected chi connectivity index (χ1v) is 4.51. The number of nitrogens with zero attached hydrogens (tertiary/aromatic N) is 4. The van der Waals surface area contributed by atoms with Gasteiger partial charge >= 0.3 is 0 Å². The van der Waals surface area contributed by atoms with Gasteiger partial charge in [0.15, 0.2) is 5.69 Å². The summed E-state index contributed by atoms with van der Waals surface area (Å²) >= 11 is 0. The maximum atomic E-state index is 8.68. The second kappa shape index (κ2) is 3.76. The number of rotatable bonds is 1. The van der Waals surface area contributed by atoms with Crippen LogP contribution in [0.3, 0.4) is 0 Å². The Kier molecular flexibility index (Phi) is 2.29. The molecule has 2 N–H and O–H groups in total. The summed E-state index contributed by atoms with van der Waals surface area (Å²) in [7, 11) is 0. The summed E-state index contributed by atoms with van der Waals surface area (Å²) in [6, 6.07) is 12.2. The Balaban J connectivity index is 2.47. The summed E-state index contributed by atoms with van der Waals surface area (Å²) in [5.41, 5.74) is 7.25. The molecule has 5 heteroatoms. The van der Waals surface area contributed by atoms with Gasteiger partial charge in [0.2, 0.25) is 0 Å². The van der Waals surface area contributed by atoms with E-state index in [0.29, 0.717) is 11.4 Å². The number of benzene rings is 1. The standard InChI is InChI=1S/C11H7N5/c12-6-8-1-3-10(4-2-8)16-11(14)5-9(7-13)15-16/h1-5H,14H2. The third kappa shape index (κ3) is 1.58. The van der Waals surface area contributed by atoms with Crippen molar-refractivity contribution in [3.8, 4) is 17.8 Å². The number of hydrogen-bond donors (Lipinski definition) is 1. The molecule has 0 unspecified atom stereocenters. The minimum absolute atomic E-state index is 0.266. The normalized spacial score (nSPS) is 9.38. The van der Waals surface area contributed by atoms with Crippen molar-refractivity contribution < 1.29 is 0 Å². The number of anilines is 1. The molecule has 76 valence electrons. The van der Waals surface area contributed by atoms with E-state index < -0.39 is 0 Å². The smallest absolute Gasteiger partial charge is 0.165 e. The zero-order chi connectivity index (χ0) is 11.5. The molecule has 0 saturated carbocycles. The quantitative estimate of drug-likeness (QED) is 0.763. The van der Waals surface area contributed by atoms with Gasteiger partial charge in [0, 0.05) is 6.07 Å². The Morgan fingerprint density at radius 2 is 1.81 bits per heavy atom. The molecule has 0 aliphatic carbocycles. The van der Waals surface area contributed by atoms with Crippen molar-refractivity contribution in [1.29, 1.82) is 10.5 Å². The zero-order valence-corrected chi connectivity index (χ0v) is 8.25. The molecular formula is C11H7N5. The minimum Gasteiger partial charge on any atom is -0.384 e.